The quantitative estimate of drug-likeness (QED) is 0.301. The van der Waals surface area contributed by atoms with E-state index >= 15 is 0 Å². The zero-order valence-corrected chi connectivity index (χ0v) is 22.9. The maximum atomic E-state index is 13.4. The number of nitrogens with zero attached hydrogens (tertiary/aromatic N) is 1. The topological polar surface area (TPSA) is 99.1 Å². The molecule has 0 bridgehead atoms. The van der Waals surface area contributed by atoms with Crippen molar-refractivity contribution in [2.45, 2.75) is 52.0 Å². The van der Waals surface area contributed by atoms with Gasteiger partial charge >= 0.3 is 0 Å². The number of aliphatic hydroxyl groups excluding tert-OH is 2. The van der Waals surface area contributed by atoms with E-state index in [2.05, 4.69) is 27.9 Å². The molecule has 0 aliphatic heterocycles. The molecule has 0 saturated heterocycles. The maximum Gasteiger partial charge on any atom is 0.247 e. The second-order valence-corrected chi connectivity index (χ2v) is 10.3. The molecule has 0 heterocycles. The Balaban J connectivity index is 2.00. The van der Waals surface area contributed by atoms with Crippen LogP contribution in [0.1, 0.15) is 31.4 Å². The van der Waals surface area contributed by atoms with Crippen LogP contribution in [0.15, 0.2) is 71.8 Å². The average molecular weight is 604 g/mol. The van der Waals surface area contributed by atoms with Gasteiger partial charge in [0.15, 0.2) is 0 Å². The number of aryl methyl sites for hydroxylation is 1. The molecule has 0 fully saturated rings. The van der Waals surface area contributed by atoms with Crippen molar-refractivity contribution in [3.63, 3.8) is 0 Å². The summed E-state index contributed by atoms with van der Waals surface area (Å²) in [7, 11) is 0. The number of hydrogen-bond acceptors (Lipinski definition) is 5. The molecule has 1 aliphatic rings. The van der Waals surface area contributed by atoms with Gasteiger partial charge in [-0.05, 0) is 67.1 Å². The number of carbonyl (C=O) groups is 2. The molecule has 3 atom stereocenters. The Morgan fingerprint density at radius 3 is 2.50 bits per heavy atom. The number of hydrogen-bond donors (Lipinski definition) is 3. The first-order valence-electron chi connectivity index (χ1n) is 11.9. The Labute approximate surface area is 226 Å². The molecule has 2 aromatic carbocycles. The van der Waals surface area contributed by atoms with Crippen molar-refractivity contribution >= 4 is 34.4 Å². The highest BCUT2D eigenvalue weighted by molar-refractivity contribution is 14.1. The minimum atomic E-state index is -1.07. The van der Waals surface area contributed by atoms with Gasteiger partial charge in [-0.1, -0.05) is 47.5 Å². The van der Waals surface area contributed by atoms with Crippen molar-refractivity contribution in [2.24, 2.45) is 0 Å². The molecule has 36 heavy (non-hydrogen) atoms. The number of ether oxygens (including phenoxy) is 1. The van der Waals surface area contributed by atoms with Gasteiger partial charge in [0.05, 0.1) is 16.2 Å². The van der Waals surface area contributed by atoms with Gasteiger partial charge in [0.25, 0.3) is 0 Å². The highest BCUT2D eigenvalue weighted by Crippen LogP contribution is 2.30. The number of halogens is 1. The number of nitrogens with one attached hydrogen (secondary N) is 1. The molecular weight excluding hydrogens is 571 g/mol. The Morgan fingerprint density at radius 1 is 1.17 bits per heavy atom. The largest absolute Gasteiger partial charge is 0.482 e. The second-order valence-electron chi connectivity index (χ2n) is 9.12. The van der Waals surface area contributed by atoms with Gasteiger partial charge in [-0.25, -0.2) is 0 Å². The highest BCUT2D eigenvalue weighted by atomic mass is 127. The lowest BCUT2D eigenvalue weighted by atomic mass is 9.87. The number of aliphatic hydroxyl groups is 2. The van der Waals surface area contributed by atoms with Crippen LogP contribution in [-0.4, -0.2) is 58.3 Å². The van der Waals surface area contributed by atoms with Crippen molar-refractivity contribution < 1.29 is 24.5 Å². The first-order valence-corrected chi connectivity index (χ1v) is 13.0. The van der Waals surface area contributed by atoms with E-state index < -0.39 is 18.2 Å². The molecule has 2 aromatic rings. The molecule has 8 heteroatoms. The van der Waals surface area contributed by atoms with Crippen LogP contribution in [0.25, 0.3) is 0 Å². The number of amides is 2. The third-order valence-electron chi connectivity index (χ3n) is 5.88. The van der Waals surface area contributed by atoms with E-state index in [9.17, 15) is 14.7 Å². The van der Waals surface area contributed by atoms with Crippen LogP contribution in [0.5, 0.6) is 5.75 Å². The lowest BCUT2D eigenvalue weighted by Crippen LogP contribution is -2.54. The van der Waals surface area contributed by atoms with E-state index in [0.717, 1.165) is 20.3 Å². The summed E-state index contributed by atoms with van der Waals surface area (Å²) in [6, 6.07) is 14.6. The van der Waals surface area contributed by atoms with E-state index in [4.69, 9.17) is 9.84 Å². The third kappa shape index (κ3) is 7.41. The first kappa shape index (κ1) is 27.9. The van der Waals surface area contributed by atoms with Gasteiger partial charge in [-0.15, -0.1) is 0 Å². The van der Waals surface area contributed by atoms with Gasteiger partial charge in [-0.3, -0.25) is 9.59 Å². The SMILES string of the molecule is CC(C)=CC(=O)N(Cc1ccc(C)cc1)[C@@H]1CC(C(=O)NCCO)=C[C@H](Oc2ccccc2I)[C@H]1O. The number of carbonyl (C=O) groups excluding carboxylic acids is 2. The molecule has 1 aliphatic carbocycles. The lowest BCUT2D eigenvalue weighted by Gasteiger charge is -2.40. The smallest absolute Gasteiger partial charge is 0.247 e. The summed E-state index contributed by atoms with van der Waals surface area (Å²) in [5, 5.41) is 23.3. The predicted molar refractivity (Wildman–Crippen MR) is 147 cm³/mol. The van der Waals surface area contributed by atoms with Crippen LogP contribution in [0, 0.1) is 10.5 Å². The van der Waals surface area contributed by atoms with Gasteiger partial charge in [0, 0.05) is 31.2 Å². The molecular formula is C28H33IN2O5. The Kier molecular flexibility index (Phi) is 10.1. The van der Waals surface area contributed by atoms with Crippen LogP contribution in [0.3, 0.4) is 0 Å². The van der Waals surface area contributed by atoms with Gasteiger partial charge < -0.3 is 25.2 Å². The lowest BCUT2D eigenvalue weighted by molar-refractivity contribution is -0.134. The Hall–Kier alpha value is -2.69. The molecule has 192 valence electrons. The fourth-order valence-electron chi connectivity index (χ4n) is 4.05. The summed E-state index contributed by atoms with van der Waals surface area (Å²) in [6.45, 7) is 5.87. The van der Waals surface area contributed by atoms with Crippen LogP contribution in [0.4, 0.5) is 0 Å². The van der Waals surface area contributed by atoms with Crippen LogP contribution in [0.2, 0.25) is 0 Å². The van der Waals surface area contributed by atoms with E-state index in [1.54, 1.807) is 23.1 Å². The van der Waals surface area contributed by atoms with Crippen molar-refractivity contribution in [1.82, 2.24) is 10.2 Å². The van der Waals surface area contributed by atoms with Crippen molar-refractivity contribution in [3.8, 4) is 5.75 Å². The Morgan fingerprint density at radius 2 is 1.86 bits per heavy atom. The third-order valence-corrected chi connectivity index (χ3v) is 6.77. The monoisotopic (exact) mass is 604 g/mol. The number of benzene rings is 2. The summed E-state index contributed by atoms with van der Waals surface area (Å²) in [4.78, 5) is 27.9. The summed E-state index contributed by atoms with van der Waals surface area (Å²) in [5.74, 6) is -0.0261. The maximum absolute atomic E-state index is 13.4. The molecule has 0 unspecified atom stereocenters. The number of allylic oxidation sites excluding steroid dienone is 1. The van der Waals surface area contributed by atoms with Crippen molar-refractivity contribution in [2.75, 3.05) is 13.2 Å². The molecule has 0 aromatic heterocycles. The standard InChI is InChI=1S/C28H33IN2O5/c1-18(2)14-26(33)31(17-20-10-8-19(3)9-11-20)23-15-21(28(35)30-12-13-32)16-25(27(23)34)36-24-7-5-4-6-22(24)29/h4-11,14,16,23,25,27,32,34H,12-13,15,17H2,1-3H3,(H,30,35)/t23-,25+,27+/m1/s1. The normalized spacial score (nSPS) is 19.2. The van der Waals surface area contributed by atoms with E-state index in [1.807, 2.05) is 63.2 Å². The van der Waals surface area contributed by atoms with Gasteiger partial charge in [0.2, 0.25) is 11.8 Å². The highest BCUT2D eigenvalue weighted by Gasteiger charge is 2.40. The zero-order chi connectivity index (χ0) is 26.2. The predicted octanol–water partition coefficient (Wildman–Crippen LogP) is 3.51. The second kappa shape index (κ2) is 13.0. The molecule has 2 amide bonds. The summed E-state index contributed by atoms with van der Waals surface area (Å²) in [6.07, 6.45) is 1.39. The molecule has 7 nitrogen and oxygen atoms in total. The Bertz CT molecular complexity index is 1130. The van der Waals surface area contributed by atoms with E-state index in [1.165, 1.54) is 0 Å². The summed E-state index contributed by atoms with van der Waals surface area (Å²) < 4.78 is 7.04. The average Bonchev–Trinajstić information content (AvgIpc) is 2.84. The summed E-state index contributed by atoms with van der Waals surface area (Å²) in [5.41, 5.74) is 3.26. The molecule has 3 N–H and O–H groups in total. The summed E-state index contributed by atoms with van der Waals surface area (Å²) >= 11 is 2.15. The van der Waals surface area contributed by atoms with Crippen LogP contribution in [-0.2, 0) is 16.1 Å². The zero-order valence-electron chi connectivity index (χ0n) is 20.8. The minimum Gasteiger partial charge on any atom is -0.482 e. The van der Waals surface area contributed by atoms with Crippen molar-refractivity contribution in [3.05, 3.63) is 86.5 Å². The van der Waals surface area contributed by atoms with E-state index in [-0.39, 0.29) is 37.9 Å². The van der Waals surface area contributed by atoms with Crippen LogP contribution < -0.4 is 10.1 Å². The number of rotatable bonds is 9. The molecule has 3 rings (SSSR count). The fourth-order valence-corrected chi connectivity index (χ4v) is 4.56. The fraction of sp³-hybridized carbons (Fsp3) is 0.357. The molecule has 0 saturated carbocycles. The molecule has 0 radical (unpaired) electrons. The van der Waals surface area contributed by atoms with Gasteiger partial charge in [-0.2, -0.15) is 0 Å². The van der Waals surface area contributed by atoms with E-state index in [0.29, 0.717) is 11.3 Å². The molecule has 0 spiro atoms. The number of para-hydroxylation sites is 1. The minimum absolute atomic E-state index is 0.106. The first-order chi connectivity index (χ1) is 17.2. The van der Waals surface area contributed by atoms with Gasteiger partial charge in [0.1, 0.15) is 18.0 Å². The van der Waals surface area contributed by atoms with Crippen LogP contribution >= 0.6 is 22.6 Å². The van der Waals surface area contributed by atoms with Crippen molar-refractivity contribution in [1.29, 1.82) is 0 Å².